The molecule has 2 heteroatoms. The van der Waals surface area contributed by atoms with Gasteiger partial charge < -0.3 is 0 Å². The minimum absolute atomic E-state index is 0.159. The molecule has 9 heavy (non-hydrogen) atoms. The molecule has 1 heterocycles. The second-order valence-electron chi connectivity index (χ2n) is 3.49. The Hall–Kier alpha value is -0.0800. The van der Waals surface area contributed by atoms with E-state index in [0.29, 0.717) is 0 Å². The zero-order valence-electron chi connectivity index (χ0n) is 6.49. The molecule has 0 aliphatic carbocycles. The zero-order chi connectivity index (χ0) is 6.91. The fourth-order valence-electron chi connectivity index (χ4n) is 0.993. The van der Waals surface area contributed by atoms with Crippen LogP contribution >= 0.6 is 0 Å². The minimum Gasteiger partial charge on any atom is -0.299 e. The van der Waals surface area contributed by atoms with Gasteiger partial charge >= 0.3 is 0 Å². The van der Waals surface area contributed by atoms with Crippen LogP contribution in [0.4, 0.5) is 0 Å². The summed E-state index contributed by atoms with van der Waals surface area (Å²) >= 11 is 0. The van der Waals surface area contributed by atoms with Crippen molar-refractivity contribution in [3.05, 3.63) is 0 Å². The molecule has 0 bridgehead atoms. The Bertz CT molecular complexity index is 89.1. The van der Waals surface area contributed by atoms with Gasteiger partial charge in [0.15, 0.2) is 0 Å². The maximum Gasteiger partial charge on any atom is 0.0629 e. The van der Waals surface area contributed by atoms with Gasteiger partial charge in [-0.3, -0.25) is 10.6 Å². The third kappa shape index (κ3) is 1.95. The predicted octanol–water partition coefficient (Wildman–Crippen LogP) is 0.551. The molecule has 1 aliphatic rings. The Labute approximate surface area is 57.0 Å². The maximum atomic E-state index is 3.40. The van der Waals surface area contributed by atoms with Gasteiger partial charge in [0.2, 0.25) is 0 Å². The molecular formula is C7H16N2. The summed E-state index contributed by atoms with van der Waals surface area (Å²) in [5.74, 6) is 0.776. The van der Waals surface area contributed by atoms with Crippen molar-refractivity contribution in [3.63, 3.8) is 0 Å². The largest absolute Gasteiger partial charge is 0.299 e. The van der Waals surface area contributed by atoms with Crippen LogP contribution in [0, 0.1) is 5.92 Å². The van der Waals surface area contributed by atoms with Gasteiger partial charge in [0.1, 0.15) is 0 Å². The topological polar surface area (TPSA) is 24.1 Å². The highest BCUT2D eigenvalue weighted by atomic mass is 15.2. The predicted molar refractivity (Wildman–Crippen MR) is 39.2 cm³/mol. The molecule has 0 spiro atoms. The lowest BCUT2D eigenvalue weighted by molar-refractivity contribution is 0.228. The van der Waals surface area contributed by atoms with Crippen LogP contribution in [-0.4, -0.2) is 18.8 Å². The molecule has 0 aromatic heterocycles. The summed E-state index contributed by atoms with van der Waals surface area (Å²) in [7, 11) is 0. The quantitative estimate of drug-likeness (QED) is 0.498. The van der Waals surface area contributed by atoms with E-state index in [4.69, 9.17) is 0 Å². The first-order valence-corrected chi connectivity index (χ1v) is 3.60. The number of hydrogen-bond acceptors (Lipinski definition) is 2. The second-order valence-corrected chi connectivity index (χ2v) is 3.49. The molecule has 54 valence electrons. The summed E-state index contributed by atoms with van der Waals surface area (Å²) in [6.45, 7) is 8.85. The second kappa shape index (κ2) is 2.27. The van der Waals surface area contributed by atoms with Crippen LogP contribution < -0.4 is 10.6 Å². The Kier molecular flexibility index (Phi) is 1.78. The lowest BCUT2D eigenvalue weighted by Crippen LogP contribution is -2.59. The first-order chi connectivity index (χ1) is 4.10. The molecule has 1 aliphatic heterocycles. The van der Waals surface area contributed by atoms with E-state index in [1.165, 1.54) is 0 Å². The highest BCUT2D eigenvalue weighted by Gasteiger charge is 2.21. The van der Waals surface area contributed by atoms with Crippen LogP contribution in [0.3, 0.4) is 0 Å². The minimum atomic E-state index is 0.159. The fraction of sp³-hybridized carbons (Fsp3) is 1.00. The van der Waals surface area contributed by atoms with Crippen molar-refractivity contribution < 1.29 is 0 Å². The van der Waals surface area contributed by atoms with Crippen LogP contribution in [0.1, 0.15) is 20.8 Å². The van der Waals surface area contributed by atoms with E-state index in [1.54, 1.807) is 0 Å². The van der Waals surface area contributed by atoms with Crippen molar-refractivity contribution in [1.29, 1.82) is 0 Å². The van der Waals surface area contributed by atoms with E-state index in [-0.39, 0.29) is 5.66 Å². The summed E-state index contributed by atoms with van der Waals surface area (Å²) < 4.78 is 0. The Morgan fingerprint density at radius 1 is 1.22 bits per heavy atom. The Morgan fingerprint density at radius 3 is 2.00 bits per heavy atom. The SMILES string of the molecule is CC1CNC(C)(C)NC1. The van der Waals surface area contributed by atoms with Gasteiger partial charge in [0.05, 0.1) is 5.66 Å². The Balaban J connectivity index is 2.35. The van der Waals surface area contributed by atoms with Gasteiger partial charge in [-0.05, 0) is 19.8 Å². The van der Waals surface area contributed by atoms with Gasteiger partial charge in [-0.2, -0.15) is 0 Å². The number of nitrogens with one attached hydrogen (secondary N) is 2. The molecule has 0 amide bonds. The van der Waals surface area contributed by atoms with E-state index < -0.39 is 0 Å². The van der Waals surface area contributed by atoms with Crippen molar-refractivity contribution in [2.45, 2.75) is 26.4 Å². The number of rotatable bonds is 0. The molecule has 0 aromatic rings. The van der Waals surface area contributed by atoms with Crippen LogP contribution in [0.5, 0.6) is 0 Å². The lowest BCUT2D eigenvalue weighted by Gasteiger charge is -2.35. The first-order valence-electron chi connectivity index (χ1n) is 3.60. The average molecular weight is 128 g/mol. The van der Waals surface area contributed by atoms with Gasteiger partial charge in [0.25, 0.3) is 0 Å². The Morgan fingerprint density at radius 2 is 1.67 bits per heavy atom. The van der Waals surface area contributed by atoms with Gasteiger partial charge in [-0.1, -0.05) is 6.92 Å². The highest BCUT2D eigenvalue weighted by Crippen LogP contribution is 2.05. The third-order valence-corrected chi connectivity index (χ3v) is 1.78. The molecule has 1 fully saturated rings. The van der Waals surface area contributed by atoms with Crippen molar-refractivity contribution in [2.24, 2.45) is 5.92 Å². The maximum absolute atomic E-state index is 3.40. The van der Waals surface area contributed by atoms with E-state index in [1.807, 2.05) is 0 Å². The molecule has 1 rings (SSSR count). The molecule has 0 saturated carbocycles. The van der Waals surface area contributed by atoms with Gasteiger partial charge in [-0.25, -0.2) is 0 Å². The van der Waals surface area contributed by atoms with Crippen LogP contribution in [-0.2, 0) is 0 Å². The van der Waals surface area contributed by atoms with Crippen LogP contribution in [0.15, 0.2) is 0 Å². The number of hydrogen-bond donors (Lipinski definition) is 2. The monoisotopic (exact) mass is 128 g/mol. The molecule has 0 atom stereocenters. The molecule has 0 radical (unpaired) electrons. The molecule has 0 unspecified atom stereocenters. The van der Waals surface area contributed by atoms with Gasteiger partial charge in [0, 0.05) is 13.1 Å². The summed E-state index contributed by atoms with van der Waals surface area (Å²) in [6.07, 6.45) is 0. The lowest BCUT2D eigenvalue weighted by atomic mass is 10.1. The van der Waals surface area contributed by atoms with Crippen molar-refractivity contribution in [3.8, 4) is 0 Å². The van der Waals surface area contributed by atoms with E-state index in [9.17, 15) is 0 Å². The highest BCUT2D eigenvalue weighted by molar-refractivity contribution is 4.81. The fourth-order valence-corrected chi connectivity index (χ4v) is 0.993. The van der Waals surface area contributed by atoms with Crippen LogP contribution in [0.2, 0.25) is 0 Å². The summed E-state index contributed by atoms with van der Waals surface area (Å²) in [5.41, 5.74) is 0.159. The van der Waals surface area contributed by atoms with Crippen molar-refractivity contribution in [2.75, 3.05) is 13.1 Å². The molecule has 2 N–H and O–H groups in total. The normalized spacial score (nSPS) is 28.3. The van der Waals surface area contributed by atoms with Crippen LogP contribution in [0.25, 0.3) is 0 Å². The zero-order valence-corrected chi connectivity index (χ0v) is 6.49. The van der Waals surface area contributed by atoms with E-state index >= 15 is 0 Å². The standard InChI is InChI=1S/C7H16N2/c1-6-4-8-7(2,3)9-5-6/h6,8-9H,4-5H2,1-3H3. The molecule has 2 nitrogen and oxygen atoms in total. The van der Waals surface area contributed by atoms with Crippen molar-refractivity contribution in [1.82, 2.24) is 10.6 Å². The van der Waals surface area contributed by atoms with Gasteiger partial charge in [-0.15, -0.1) is 0 Å². The molecule has 0 aromatic carbocycles. The molecular weight excluding hydrogens is 112 g/mol. The van der Waals surface area contributed by atoms with E-state index in [0.717, 1.165) is 19.0 Å². The van der Waals surface area contributed by atoms with E-state index in [2.05, 4.69) is 31.4 Å². The van der Waals surface area contributed by atoms with Crippen molar-refractivity contribution >= 4 is 0 Å². The summed E-state index contributed by atoms with van der Waals surface area (Å²) in [4.78, 5) is 0. The molecule has 1 saturated heterocycles. The first kappa shape index (κ1) is 7.03. The summed E-state index contributed by atoms with van der Waals surface area (Å²) in [6, 6.07) is 0. The third-order valence-electron chi connectivity index (χ3n) is 1.78. The smallest absolute Gasteiger partial charge is 0.0629 e. The average Bonchev–Trinajstić information content (AvgIpc) is 1.78. The summed E-state index contributed by atoms with van der Waals surface area (Å²) in [5, 5.41) is 6.79.